The van der Waals surface area contributed by atoms with Crippen molar-refractivity contribution in [1.29, 1.82) is 0 Å². The third kappa shape index (κ3) is 4.19. The molecule has 0 spiro atoms. The van der Waals surface area contributed by atoms with Crippen LogP contribution in [0.1, 0.15) is 18.9 Å². The average molecular weight is 292 g/mol. The molecular weight excluding hydrogens is 268 g/mol. The van der Waals surface area contributed by atoms with Gasteiger partial charge in [-0.2, -0.15) is 0 Å². The average Bonchev–Trinajstić information content (AvgIpc) is 2.92. The van der Waals surface area contributed by atoms with E-state index in [1.165, 1.54) is 0 Å². The summed E-state index contributed by atoms with van der Waals surface area (Å²) in [6.07, 6.45) is 1.04. The highest BCUT2D eigenvalue weighted by molar-refractivity contribution is 5.79. The maximum Gasteiger partial charge on any atom is 0.229 e. The van der Waals surface area contributed by atoms with Gasteiger partial charge in [-0.15, -0.1) is 0 Å². The summed E-state index contributed by atoms with van der Waals surface area (Å²) >= 11 is 0. The fourth-order valence-electron chi connectivity index (χ4n) is 2.62. The molecule has 1 saturated heterocycles. The van der Waals surface area contributed by atoms with Crippen LogP contribution in [-0.2, 0) is 16.1 Å². The molecule has 1 fully saturated rings. The first kappa shape index (κ1) is 15.8. The minimum Gasteiger partial charge on any atom is -0.508 e. The van der Waals surface area contributed by atoms with Crippen molar-refractivity contribution in [2.45, 2.75) is 25.9 Å². The standard InChI is InChI=1S/C16H24N2O3/c1-3-7-17-15-11-21-10-14(15)16(20)18(2)9-12-5-4-6-13(19)8-12/h4-6,8,14-15,17,19H,3,7,9-11H2,1-2H3. The van der Waals surface area contributed by atoms with Gasteiger partial charge in [-0.3, -0.25) is 4.79 Å². The van der Waals surface area contributed by atoms with E-state index >= 15 is 0 Å². The fourth-order valence-corrected chi connectivity index (χ4v) is 2.62. The Bertz CT molecular complexity index is 478. The molecule has 1 aromatic rings. The zero-order chi connectivity index (χ0) is 15.2. The number of rotatable bonds is 6. The summed E-state index contributed by atoms with van der Waals surface area (Å²) in [5, 5.41) is 12.9. The zero-order valence-corrected chi connectivity index (χ0v) is 12.7. The summed E-state index contributed by atoms with van der Waals surface area (Å²) in [6.45, 7) is 4.56. The van der Waals surface area contributed by atoms with Gasteiger partial charge >= 0.3 is 0 Å². The van der Waals surface area contributed by atoms with Gasteiger partial charge in [-0.25, -0.2) is 0 Å². The minimum atomic E-state index is -0.126. The van der Waals surface area contributed by atoms with E-state index in [9.17, 15) is 9.90 Å². The van der Waals surface area contributed by atoms with E-state index < -0.39 is 0 Å². The minimum absolute atomic E-state index is 0.0874. The van der Waals surface area contributed by atoms with E-state index in [1.807, 2.05) is 6.07 Å². The number of hydrogen-bond donors (Lipinski definition) is 2. The largest absolute Gasteiger partial charge is 0.508 e. The first-order valence-corrected chi connectivity index (χ1v) is 7.45. The number of amides is 1. The predicted molar refractivity (Wildman–Crippen MR) is 81.0 cm³/mol. The van der Waals surface area contributed by atoms with E-state index in [1.54, 1.807) is 30.1 Å². The number of nitrogens with zero attached hydrogens (tertiary/aromatic N) is 1. The Morgan fingerprint density at radius 1 is 1.48 bits per heavy atom. The molecule has 2 atom stereocenters. The molecule has 0 bridgehead atoms. The SMILES string of the molecule is CCCNC1COCC1C(=O)N(C)Cc1cccc(O)c1. The second kappa shape index (κ2) is 7.43. The smallest absolute Gasteiger partial charge is 0.229 e. The van der Waals surface area contributed by atoms with E-state index in [4.69, 9.17) is 4.74 Å². The van der Waals surface area contributed by atoms with Crippen molar-refractivity contribution in [3.05, 3.63) is 29.8 Å². The van der Waals surface area contributed by atoms with Crippen LogP contribution < -0.4 is 5.32 Å². The van der Waals surface area contributed by atoms with Crippen LogP contribution in [-0.4, -0.2) is 48.8 Å². The number of nitrogens with one attached hydrogen (secondary N) is 1. The van der Waals surface area contributed by atoms with Crippen molar-refractivity contribution in [1.82, 2.24) is 10.2 Å². The highest BCUT2D eigenvalue weighted by Crippen LogP contribution is 2.18. The van der Waals surface area contributed by atoms with Crippen LogP contribution in [0.3, 0.4) is 0 Å². The summed E-state index contributed by atoms with van der Waals surface area (Å²) in [7, 11) is 1.79. The number of aromatic hydroxyl groups is 1. The van der Waals surface area contributed by atoms with Crippen LogP contribution in [0.2, 0.25) is 0 Å². The fraction of sp³-hybridized carbons (Fsp3) is 0.562. The summed E-state index contributed by atoms with van der Waals surface area (Å²) in [6, 6.07) is 7.10. The summed E-state index contributed by atoms with van der Waals surface area (Å²) in [5.74, 6) is 0.184. The number of hydrogen-bond acceptors (Lipinski definition) is 4. The second-order valence-corrected chi connectivity index (χ2v) is 5.57. The molecule has 0 aromatic heterocycles. The highest BCUT2D eigenvalue weighted by Gasteiger charge is 2.35. The topological polar surface area (TPSA) is 61.8 Å². The van der Waals surface area contributed by atoms with E-state index in [0.717, 1.165) is 18.5 Å². The molecule has 1 aliphatic heterocycles. The van der Waals surface area contributed by atoms with Crippen LogP contribution in [0.4, 0.5) is 0 Å². The molecule has 5 heteroatoms. The van der Waals surface area contributed by atoms with E-state index in [0.29, 0.717) is 19.8 Å². The van der Waals surface area contributed by atoms with E-state index in [-0.39, 0.29) is 23.6 Å². The van der Waals surface area contributed by atoms with Crippen molar-refractivity contribution in [2.24, 2.45) is 5.92 Å². The van der Waals surface area contributed by atoms with Crippen LogP contribution in [0, 0.1) is 5.92 Å². The van der Waals surface area contributed by atoms with Crippen LogP contribution in [0.25, 0.3) is 0 Å². The Hall–Kier alpha value is -1.59. The van der Waals surface area contributed by atoms with Gasteiger partial charge in [0, 0.05) is 19.6 Å². The zero-order valence-electron chi connectivity index (χ0n) is 12.7. The van der Waals surface area contributed by atoms with Crippen molar-refractivity contribution in [3.8, 4) is 5.75 Å². The van der Waals surface area contributed by atoms with Gasteiger partial charge in [0.15, 0.2) is 0 Å². The Morgan fingerprint density at radius 3 is 3.00 bits per heavy atom. The number of phenolic OH excluding ortho intramolecular Hbond substituents is 1. The van der Waals surface area contributed by atoms with Gasteiger partial charge in [0.1, 0.15) is 5.75 Å². The highest BCUT2D eigenvalue weighted by atomic mass is 16.5. The normalized spacial score (nSPS) is 21.4. The van der Waals surface area contributed by atoms with Gasteiger partial charge in [0.25, 0.3) is 0 Å². The molecule has 5 nitrogen and oxygen atoms in total. The molecule has 0 radical (unpaired) electrons. The molecule has 2 rings (SSSR count). The summed E-state index contributed by atoms with van der Waals surface area (Å²) < 4.78 is 5.46. The van der Waals surface area contributed by atoms with Gasteiger partial charge in [-0.05, 0) is 30.7 Å². The maximum absolute atomic E-state index is 12.6. The Labute approximate surface area is 125 Å². The van der Waals surface area contributed by atoms with Crippen molar-refractivity contribution >= 4 is 5.91 Å². The van der Waals surface area contributed by atoms with Gasteiger partial charge in [0.05, 0.1) is 19.1 Å². The molecule has 1 aromatic carbocycles. The first-order chi connectivity index (χ1) is 10.1. The second-order valence-electron chi connectivity index (χ2n) is 5.57. The molecular formula is C16H24N2O3. The number of phenols is 1. The molecule has 1 heterocycles. The molecule has 1 aliphatic rings. The lowest BCUT2D eigenvalue weighted by Crippen LogP contribution is -2.44. The molecule has 1 amide bonds. The number of carbonyl (C=O) groups excluding carboxylic acids is 1. The van der Waals surface area contributed by atoms with Crippen LogP contribution in [0.15, 0.2) is 24.3 Å². The quantitative estimate of drug-likeness (QED) is 0.831. The third-order valence-corrected chi connectivity index (χ3v) is 3.76. The Kier molecular flexibility index (Phi) is 5.59. The van der Waals surface area contributed by atoms with Crippen molar-refractivity contribution < 1.29 is 14.6 Å². The predicted octanol–water partition coefficient (Wildman–Crippen LogP) is 1.37. The summed E-state index contributed by atoms with van der Waals surface area (Å²) in [5.41, 5.74) is 0.919. The van der Waals surface area contributed by atoms with Crippen LogP contribution in [0.5, 0.6) is 5.75 Å². The Balaban J connectivity index is 1.95. The molecule has 21 heavy (non-hydrogen) atoms. The monoisotopic (exact) mass is 292 g/mol. The number of ether oxygens (including phenoxy) is 1. The molecule has 0 aliphatic carbocycles. The summed E-state index contributed by atoms with van der Waals surface area (Å²) in [4.78, 5) is 14.3. The van der Waals surface area contributed by atoms with Gasteiger partial charge in [0.2, 0.25) is 5.91 Å². The third-order valence-electron chi connectivity index (χ3n) is 3.76. The lowest BCUT2D eigenvalue weighted by atomic mass is 10.0. The van der Waals surface area contributed by atoms with E-state index in [2.05, 4.69) is 12.2 Å². The molecule has 0 saturated carbocycles. The lowest BCUT2D eigenvalue weighted by Gasteiger charge is -2.24. The van der Waals surface area contributed by atoms with Crippen LogP contribution >= 0.6 is 0 Å². The molecule has 116 valence electrons. The van der Waals surface area contributed by atoms with Gasteiger partial charge < -0.3 is 20.1 Å². The molecule has 2 N–H and O–H groups in total. The van der Waals surface area contributed by atoms with Crippen molar-refractivity contribution in [3.63, 3.8) is 0 Å². The maximum atomic E-state index is 12.6. The lowest BCUT2D eigenvalue weighted by molar-refractivity contribution is -0.135. The first-order valence-electron chi connectivity index (χ1n) is 7.45. The Morgan fingerprint density at radius 2 is 2.29 bits per heavy atom. The van der Waals surface area contributed by atoms with Crippen molar-refractivity contribution in [2.75, 3.05) is 26.8 Å². The van der Waals surface area contributed by atoms with Gasteiger partial charge in [-0.1, -0.05) is 19.1 Å². The number of benzene rings is 1. The molecule has 2 unspecified atom stereocenters. The number of carbonyl (C=O) groups is 1.